The molecule has 0 bridgehead atoms. The second-order valence-corrected chi connectivity index (χ2v) is 17.2. The maximum Gasteiger partial charge on any atom is 0.160 e. The SMILES string of the molecule is c1ccc(-c2cc(-c3ccc(-n4c5ccccc5c5c6sc7ccccc7c6ccc54)c(-c4ccccc4-n4c5ccccc5c5ccccc54)c3)nc(-c3ccccc3)n2)cc1. The van der Waals surface area contributed by atoms with Gasteiger partial charge in [-0.3, -0.25) is 0 Å². The third-order valence-electron chi connectivity index (χ3n) is 12.6. The van der Waals surface area contributed by atoms with Gasteiger partial charge in [-0.1, -0.05) is 164 Å². The van der Waals surface area contributed by atoms with E-state index in [1.807, 2.05) is 35.6 Å². The summed E-state index contributed by atoms with van der Waals surface area (Å²) in [6.07, 6.45) is 0. The van der Waals surface area contributed by atoms with Crippen molar-refractivity contribution in [3.8, 4) is 56.4 Å². The van der Waals surface area contributed by atoms with E-state index in [1.54, 1.807) is 0 Å². The van der Waals surface area contributed by atoms with E-state index in [0.717, 1.165) is 50.6 Å². The van der Waals surface area contributed by atoms with Gasteiger partial charge < -0.3 is 9.13 Å². The lowest BCUT2D eigenvalue weighted by atomic mass is 9.96. The molecule has 0 radical (unpaired) electrons. The molecule has 13 aromatic rings. The number of thiophene rings is 1. The Bertz CT molecular complexity index is 3800. The molecule has 5 heteroatoms. The van der Waals surface area contributed by atoms with Crippen LogP contribution in [0.2, 0.25) is 0 Å². The first kappa shape index (κ1) is 35.6. The number of rotatable bonds is 6. The monoisotopic (exact) mass is 820 g/mol. The highest BCUT2D eigenvalue weighted by molar-refractivity contribution is 7.26. The summed E-state index contributed by atoms with van der Waals surface area (Å²) >= 11 is 1.89. The summed E-state index contributed by atoms with van der Waals surface area (Å²) in [4.78, 5) is 10.4. The number of aromatic nitrogens is 4. The zero-order chi connectivity index (χ0) is 41.4. The van der Waals surface area contributed by atoms with E-state index in [1.165, 1.54) is 63.8 Å². The molecule has 0 fully saturated rings. The van der Waals surface area contributed by atoms with Gasteiger partial charge in [0.2, 0.25) is 0 Å². The second kappa shape index (κ2) is 14.2. The highest BCUT2D eigenvalue weighted by Crippen LogP contribution is 2.46. The summed E-state index contributed by atoms with van der Waals surface area (Å²) < 4.78 is 7.54. The van der Waals surface area contributed by atoms with Crippen molar-refractivity contribution in [3.63, 3.8) is 0 Å². The molecule has 0 spiro atoms. The van der Waals surface area contributed by atoms with Crippen LogP contribution < -0.4 is 0 Å². The van der Waals surface area contributed by atoms with Crippen molar-refractivity contribution in [2.24, 2.45) is 0 Å². The quantitative estimate of drug-likeness (QED) is 0.167. The molecule has 0 aliphatic carbocycles. The average molecular weight is 821 g/mol. The Morgan fingerprint density at radius 3 is 1.60 bits per heavy atom. The lowest BCUT2D eigenvalue weighted by molar-refractivity contribution is 1.16. The van der Waals surface area contributed by atoms with Crippen LogP contribution in [0, 0.1) is 0 Å². The number of nitrogens with zero attached hydrogens (tertiary/aromatic N) is 4. The van der Waals surface area contributed by atoms with E-state index in [0.29, 0.717) is 5.82 Å². The van der Waals surface area contributed by atoms with E-state index in [4.69, 9.17) is 9.97 Å². The zero-order valence-corrected chi connectivity index (χ0v) is 34.8. The summed E-state index contributed by atoms with van der Waals surface area (Å²) in [6, 6.07) is 78.5. The molecule has 4 aromatic heterocycles. The normalized spacial score (nSPS) is 11.8. The molecule has 9 aromatic carbocycles. The predicted molar refractivity (Wildman–Crippen MR) is 265 cm³/mol. The lowest BCUT2D eigenvalue weighted by Gasteiger charge is -2.20. The van der Waals surface area contributed by atoms with Gasteiger partial charge in [0, 0.05) is 69.5 Å². The van der Waals surface area contributed by atoms with Gasteiger partial charge in [0.25, 0.3) is 0 Å². The van der Waals surface area contributed by atoms with Crippen molar-refractivity contribution < 1.29 is 0 Å². The summed E-state index contributed by atoms with van der Waals surface area (Å²) in [5, 5.41) is 7.59. The van der Waals surface area contributed by atoms with Gasteiger partial charge in [-0.25, -0.2) is 9.97 Å². The van der Waals surface area contributed by atoms with Crippen LogP contribution in [0.3, 0.4) is 0 Å². The third-order valence-corrected chi connectivity index (χ3v) is 13.8. The Hall–Kier alpha value is -8.12. The van der Waals surface area contributed by atoms with Gasteiger partial charge in [0.1, 0.15) is 0 Å². The number of benzene rings is 9. The summed E-state index contributed by atoms with van der Waals surface area (Å²) in [5.41, 5.74) is 13.9. The standard InChI is InChI=1S/C58H36N4S/c1-3-17-37(18-4-1)47-36-48(60-58(59-47)38-19-5-2-6-20-38)39-31-33-53(62-52-29-15-10-25-45(52)56-54(62)34-32-44-43-24-11-16-30-55(43)63-57(44)56)46(35-39)42-23-9-14-28-51(42)61-49-26-12-7-21-40(49)41-22-8-13-27-50(41)61/h1-36H. The minimum absolute atomic E-state index is 0.693. The minimum atomic E-state index is 0.693. The highest BCUT2D eigenvalue weighted by Gasteiger charge is 2.23. The predicted octanol–water partition coefficient (Wildman–Crippen LogP) is 15.7. The molecular weight excluding hydrogens is 785 g/mol. The maximum absolute atomic E-state index is 5.31. The van der Waals surface area contributed by atoms with E-state index in [2.05, 4.69) is 203 Å². The van der Waals surface area contributed by atoms with Crippen LogP contribution in [-0.2, 0) is 0 Å². The molecule has 0 aliphatic rings. The largest absolute Gasteiger partial charge is 0.309 e. The van der Waals surface area contributed by atoms with E-state index in [-0.39, 0.29) is 0 Å². The molecule has 0 N–H and O–H groups in total. The fourth-order valence-electron chi connectivity index (χ4n) is 9.75. The van der Waals surface area contributed by atoms with E-state index < -0.39 is 0 Å². The molecule has 0 saturated carbocycles. The van der Waals surface area contributed by atoms with Crippen molar-refractivity contribution in [2.75, 3.05) is 0 Å². The lowest BCUT2D eigenvalue weighted by Crippen LogP contribution is -2.02. The summed E-state index contributed by atoms with van der Waals surface area (Å²) in [5.74, 6) is 0.693. The van der Waals surface area contributed by atoms with Crippen LogP contribution in [0.4, 0.5) is 0 Å². The second-order valence-electron chi connectivity index (χ2n) is 16.1. The van der Waals surface area contributed by atoms with Crippen LogP contribution >= 0.6 is 11.3 Å². The Kier molecular flexibility index (Phi) is 8.05. The van der Waals surface area contributed by atoms with Crippen LogP contribution in [0.1, 0.15) is 0 Å². The van der Waals surface area contributed by atoms with Crippen LogP contribution in [-0.4, -0.2) is 19.1 Å². The van der Waals surface area contributed by atoms with E-state index in [9.17, 15) is 0 Å². The average Bonchev–Trinajstić information content (AvgIpc) is 4.02. The molecule has 4 heterocycles. The van der Waals surface area contributed by atoms with Gasteiger partial charge in [-0.2, -0.15) is 0 Å². The molecule has 0 atom stereocenters. The van der Waals surface area contributed by atoms with Gasteiger partial charge in [-0.05, 0) is 54.6 Å². The first-order valence-corrected chi connectivity index (χ1v) is 22.1. The van der Waals surface area contributed by atoms with Crippen molar-refractivity contribution in [1.29, 1.82) is 0 Å². The molecule has 13 rings (SSSR count). The van der Waals surface area contributed by atoms with Crippen molar-refractivity contribution in [3.05, 3.63) is 218 Å². The Balaban J connectivity index is 1.13. The highest BCUT2D eigenvalue weighted by atomic mass is 32.1. The Morgan fingerprint density at radius 1 is 0.333 bits per heavy atom. The summed E-state index contributed by atoms with van der Waals surface area (Å²) in [6.45, 7) is 0. The third kappa shape index (κ3) is 5.60. The Morgan fingerprint density at radius 2 is 0.873 bits per heavy atom. The van der Waals surface area contributed by atoms with Crippen molar-refractivity contribution >= 4 is 75.1 Å². The molecule has 63 heavy (non-hydrogen) atoms. The van der Waals surface area contributed by atoms with Gasteiger partial charge >= 0.3 is 0 Å². The zero-order valence-electron chi connectivity index (χ0n) is 34.0. The molecule has 294 valence electrons. The first-order chi connectivity index (χ1) is 31.3. The number of hydrogen-bond acceptors (Lipinski definition) is 3. The molecule has 0 aliphatic heterocycles. The van der Waals surface area contributed by atoms with Gasteiger partial charge in [0.15, 0.2) is 5.82 Å². The van der Waals surface area contributed by atoms with E-state index >= 15 is 0 Å². The molecule has 0 unspecified atom stereocenters. The van der Waals surface area contributed by atoms with Gasteiger partial charge in [0.05, 0.1) is 44.8 Å². The molecule has 0 saturated heterocycles. The van der Waals surface area contributed by atoms with Crippen molar-refractivity contribution in [2.45, 2.75) is 0 Å². The van der Waals surface area contributed by atoms with Crippen LogP contribution in [0.15, 0.2) is 218 Å². The minimum Gasteiger partial charge on any atom is -0.309 e. The van der Waals surface area contributed by atoms with Crippen LogP contribution in [0.25, 0.3) is 120 Å². The summed E-state index contributed by atoms with van der Waals surface area (Å²) in [7, 11) is 0. The smallest absolute Gasteiger partial charge is 0.160 e. The molecule has 0 amide bonds. The number of para-hydroxylation sites is 4. The van der Waals surface area contributed by atoms with Gasteiger partial charge in [-0.15, -0.1) is 11.3 Å². The molecular formula is C58H36N4S. The van der Waals surface area contributed by atoms with Crippen molar-refractivity contribution in [1.82, 2.24) is 19.1 Å². The number of hydrogen-bond donors (Lipinski definition) is 0. The topological polar surface area (TPSA) is 35.6 Å². The maximum atomic E-state index is 5.31. The fraction of sp³-hybridized carbons (Fsp3) is 0. The fourth-order valence-corrected chi connectivity index (χ4v) is 11.0. The molecule has 4 nitrogen and oxygen atoms in total. The van der Waals surface area contributed by atoms with Crippen LogP contribution in [0.5, 0.6) is 0 Å². The Labute approximate surface area is 367 Å². The first-order valence-electron chi connectivity index (χ1n) is 21.3. The number of fused-ring (bicyclic) bond motifs is 10.